The van der Waals surface area contributed by atoms with Gasteiger partial charge >= 0.3 is 0 Å². The summed E-state index contributed by atoms with van der Waals surface area (Å²) < 4.78 is 5.04. The molecule has 2 rings (SSSR count). The van der Waals surface area contributed by atoms with Gasteiger partial charge in [-0.15, -0.1) is 0 Å². The SMILES string of the molecule is COc1ccc(N)c(Nc2cc(Cl)ccc2Cl)n1. The number of halogens is 2. The smallest absolute Gasteiger partial charge is 0.215 e. The van der Waals surface area contributed by atoms with Crippen LogP contribution in [0, 0.1) is 0 Å². The summed E-state index contributed by atoms with van der Waals surface area (Å²) in [4.78, 5) is 4.20. The van der Waals surface area contributed by atoms with Gasteiger partial charge in [0.05, 0.1) is 23.5 Å². The molecular weight excluding hydrogens is 273 g/mol. The fourth-order valence-corrected chi connectivity index (χ4v) is 1.72. The molecule has 0 aliphatic rings. The summed E-state index contributed by atoms with van der Waals surface area (Å²) in [7, 11) is 1.54. The van der Waals surface area contributed by atoms with Gasteiger partial charge in [0.25, 0.3) is 0 Å². The van der Waals surface area contributed by atoms with Crippen molar-refractivity contribution in [3.05, 3.63) is 40.4 Å². The molecule has 0 aliphatic carbocycles. The third-order valence-corrected chi connectivity index (χ3v) is 2.86. The molecule has 0 amide bonds. The molecule has 0 spiro atoms. The summed E-state index contributed by atoms with van der Waals surface area (Å²) in [5.74, 6) is 0.934. The molecule has 18 heavy (non-hydrogen) atoms. The highest BCUT2D eigenvalue weighted by atomic mass is 35.5. The van der Waals surface area contributed by atoms with Crippen molar-refractivity contribution < 1.29 is 4.74 Å². The van der Waals surface area contributed by atoms with Crippen molar-refractivity contribution in [2.45, 2.75) is 0 Å². The fraction of sp³-hybridized carbons (Fsp3) is 0.0833. The first-order valence-electron chi connectivity index (χ1n) is 5.12. The van der Waals surface area contributed by atoms with E-state index in [-0.39, 0.29) is 0 Å². The minimum absolute atomic E-state index is 0.463. The lowest BCUT2D eigenvalue weighted by atomic mass is 10.3. The Morgan fingerprint density at radius 3 is 2.72 bits per heavy atom. The maximum atomic E-state index is 6.05. The highest BCUT2D eigenvalue weighted by Crippen LogP contribution is 2.30. The van der Waals surface area contributed by atoms with Gasteiger partial charge in [0.15, 0.2) is 5.82 Å². The van der Waals surface area contributed by atoms with Crippen LogP contribution in [-0.2, 0) is 0 Å². The van der Waals surface area contributed by atoms with E-state index in [0.29, 0.717) is 33.1 Å². The number of ether oxygens (including phenoxy) is 1. The topological polar surface area (TPSA) is 60.2 Å². The third kappa shape index (κ3) is 2.78. The number of nitrogens with one attached hydrogen (secondary N) is 1. The van der Waals surface area contributed by atoms with E-state index in [1.54, 1.807) is 30.3 Å². The first kappa shape index (κ1) is 12.8. The quantitative estimate of drug-likeness (QED) is 0.901. The first-order valence-corrected chi connectivity index (χ1v) is 5.88. The second kappa shape index (κ2) is 5.33. The number of anilines is 3. The van der Waals surface area contributed by atoms with E-state index in [0.717, 1.165) is 0 Å². The molecule has 0 saturated heterocycles. The zero-order valence-electron chi connectivity index (χ0n) is 9.58. The minimum atomic E-state index is 0.463. The predicted molar refractivity (Wildman–Crippen MR) is 74.9 cm³/mol. The van der Waals surface area contributed by atoms with Crippen LogP contribution >= 0.6 is 23.2 Å². The molecule has 0 fully saturated rings. The van der Waals surface area contributed by atoms with Gasteiger partial charge in [0.2, 0.25) is 5.88 Å². The monoisotopic (exact) mass is 283 g/mol. The first-order chi connectivity index (χ1) is 8.60. The van der Waals surface area contributed by atoms with Crippen molar-refractivity contribution in [1.82, 2.24) is 4.98 Å². The zero-order valence-corrected chi connectivity index (χ0v) is 11.1. The molecule has 0 aliphatic heterocycles. The number of nitrogens with two attached hydrogens (primary N) is 1. The van der Waals surface area contributed by atoms with Crippen molar-refractivity contribution in [2.24, 2.45) is 0 Å². The van der Waals surface area contributed by atoms with Gasteiger partial charge < -0.3 is 15.8 Å². The van der Waals surface area contributed by atoms with E-state index in [1.165, 1.54) is 7.11 Å². The maximum Gasteiger partial charge on any atom is 0.215 e. The molecule has 6 heteroatoms. The summed E-state index contributed by atoms with van der Waals surface area (Å²) in [6, 6.07) is 8.48. The van der Waals surface area contributed by atoms with Crippen LogP contribution in [0.5, 0.6) is 5.88 Å². The molecule has 0 bridgehead atoms. The number of benzene rings is 1. The average molecular weight is 284 g/mol. The van der Waals surface area contributed by atoms with Gasteiger partial charge in [-0.25, -0.2) is 0 Å². The molecule has 0 atom stereocenters. The van der Waals surface area contributed by atoms with E-state index in [1.807, 2.05) is 0 Å². The van der Waals surface area contributed by atoms with Crippen molar-refractivity contribution in [1.29, 1.82) is 0 Å². The number of hydrogen-bond acceptors (Lipinski definition) is 4. The van der Waals surface area contributed by atoms with E-state index < -0.39 is 0 Å². The normalized spacial score (nSPS) is 10.2. The molecule has 2 aromatic rings. The van der Waals surface area contributed by atoms with Crippen LogP contribution in [0.2, 0.25) is 10.0 Å². The van der Waals surface area contributed by atoms with Crippen LogP contribution in [0.1, 0.15) is 0 Å². The van der Waals surface area contributed by atoms with Crippen LogP contribution in [0.4, 0.5) is 17.2 Å². The standard InChI is InChI=1S/C12H11Cl2N3O/c1-18-11-5-4-9(15)12(17-11)16-10-6-7(13)2-3-8(10)14/h2-6H,15H2,1H3,(H,16,17). The van der Waals surface area contributed by atoms with Crippen molar-refractivity contribution in [3.63, 3.8) is 0 Å². The highest BCUT2D eigenvalue weighted by molar-refractivity contribution is 6.35. The predicted octanol–water partition coefficient (Wildman–Crippen LogP) is 3.72. The Balaban J connectivity index is 2.36. The molecule has 4 nitrogen and oxygen atoms in total. The summed E-state index contributed by atoms with van der Waals surface area (Å²) in [6.07, 6.45) is 0. The number of hydrogen-bond donors (Lipinski definition) is 2. The molecule has 1 heterocycles. The van der Waals surface area contributed by atoms with Crippen LogP contribution < -0.4 is 15.8 Å². The van der Waals surface area contributed by atoms with Gasteiger partial charge in [-0.05, 0) is 24.3 Å². The van der Waals surface area contributed by atoms with E-state index >= 15 is 0 Å². The van der Waals surface area contributed by atoms with Gasteiger partial charge in [-0.1, -0.05) is 23.2 Å². The molecule has 3 N–H and O–H groups in total. The Bertz CT molecular complexity index is 575. The number of pyridine rings is 1. The van der Waals surface area contributed by atoms with Crippen molar-refractivity contribution in [2.75, 3.05) is 18.2 Å². The number of aromatic nitrogens is 1. The van der Waals surface area contributed by atoms with Gasteiger partial charge in [0.1, 0.15) is 0 Å². The molecule has 94 valence electrons. The highest BCUT2D eigenvalue weighted by Gasteiger charge is 2.07. The summed E-state index contributed by atoms with van der Waals surface area (Å²) >= 11 is 12.0. The number of methoxy groups -OCH3 is 1. The molecule has 0 saturated carbocycles. The molecular formula is C12H11Cl2N3O. The van der Waals surface area contributed by atoms with Crippen LogP contribution in [0.3, 0.4) is 0 Å². The second-order valence-corrected chi connectivity index (χ2v) is 4.38. The van der Waals surface area contributed by atoms with Gasteiger partial charge in [0, 0.05) is 11.1 Å². The Labute approximate surface area is 115 Å². The number of nitrogens with zero attached hydrogens (tertiary/aromatic N) is 1. The van der Waals surface area contributed by atoms with Crippen LogP contribution in [0.15, 0.2) is 30.3 Å². The Morgan fingerprint density at radius 1 is 1.22 bits per heavy atom. The van der Waals surface area contributed by atoms with E-state index in [2.05, 4.69) is 10.3 Å². The largest absolute Gasteiger partial charge is 0.481 e. The zero-order chi connectivity index (χ0) is 13.1. The Hall–Kier alpha value is -1.65. The number of nitrogen functional groups attached to an aromatic ring is 1. The van der Waals surface area contributed by atoms with Crippen LogP contribution in [0.25, 0.3) is 0 Å². The summed E-state index contributed by atoms with van der Waals surface area (Å²) in [5, 5.41) is 4.13. The van der Waals surface area contributed by atoms with E-state index in [9.17, 15) is 0 Å². The van der Waals surface area contributed by atoms with Gasteiger partial charge in [-0.2, -0.15) is 4.98 Å². The molecule has 1 aromatic heterocycles. The third-order valence-electron chi connectivity index (χ3n) is 2.29. The van der Waals surface area contributed by atoms with Crippen LogP contribution in [-0.4, -0.2) is 12.1 Å². The molecule has 1 aromatic carbocycles. The maximum absolute atomic E-state index is 6.05. The minimum Gasteiger partial charge on any atom is -0.481 e. The summed E-state index contributed by atoms with van der Waals surface area (Å²) in [6.45, 7) is 0. The Kier molecular flexibility index (Phi) is 3.79. The molecule has 0 unspecified atom stereocenters. The summed E-state index contributed by atoms with van der Waals surface area (Å²) in [5.41, 5.74) is 6.95. The lowest BCUT2D eigenvalue weighted by molar-refractivity contribution is 0.398. The van der Waals surface area contributed by atoms with E-state index in [4.69, 9.17) is 33.7 Å². The average Bonchev–Trinajstić information content (AvgIpc) is 2.36. The second-order valence-electron chi connectivity index (χ2n) is 3.54. The van der Waals surface area contributed by atoms with Gasteiger partial charge in [-0.3, -0.25) is 0 Å². The van der Waals surface area contributed by atoms with Crippen molar-refractivity contribution in [3.8, 4) is 5.88 Å². The lowest BCUT2D eigenvalue weighted by Crippen LogP contribution is -2.01. The Morgan fingerprint density at radius 2 is 2.00 bits per heavy atom. The fourth-order valence-electron chi connectivity index (χ4n) is 1.39. The lowest BCUT2D eigenvalue weighted by Gasteiger charge is -2.11. The van der Waals surface area contributed by atoms with Crippen molar-refractivity contribution >= 4 is 40.4 Å². The number of rotatable bonds is 3. The molecule has 0 radical (unpaired) electrons.